The van der Waals surface area contributed by atoms with Crippen LogP contribution in [0.15, 0.2) is 30.6 Å². The normalized spacial score (nSPS) is 10.1. The monoisotopic (exact) mass is 239 g/mol. The van der Waals surface area contributed by atoms with Gasteiger partial charge < -0.3 is 10.5 Å². The number of rotatable bonds is 2. The van der Waals surface area contributed by atoms with Crippen molar-refractivity contribution in [3.05, 3.63) is 41.4 Å². The van der Waals surface area contributed by atoms with E-state index in [2.05, 4.69) is 9.97 Å². The molecule has 2 aromatic rings. The maximum Gasteiger partial charge on any atom is 0.261 e. The van der Waals surface area contributed by atoms with Gasteiger partial charge in [-0.25, -0.2) is 4.98 Å². The summed E-state index contributed by atoms with van der Waals surface area (Å²) in [7, 11) is 0. The van der Waals surface area contributed by atoms with Crippen molar-refractivity contribution in [2.45, 2.75) is 0 Å². The fourth-order valence-corrected chi connectivity index (χ4v) is 1.24. The molecule has 0 radical (unpaired) electrons. The Morgan fingerprint density at radius 3 is 2.75 bits per heavy atom. The first-order valence-electron chi connectivity index (χ1n) is 4.37. The highest BCUT2D eigenvalue weighted by Gasteiger charge is 2.11. The van der Waals surface area contributed by atoms with Crippen molar-refractivity contribution in [2.24, 2.45) is 0 Å². The first-order chi connectivity index (χ1) is 7.68. The minimum absolute atomic E-state index is 0.249. The van der Waals surface area contributed by atoms with Crippen LogP contribution in [0.25, 0.3) is 0 Å². The average Bonchev–Trinajstić information content (AvgIpc) is 2.28. The van der Waals surface area contributed by atoms with Crippen LogP contribution in [0.2, 0.25) is 5.02 Å². The number of para-hydroxylation sites is 1. The van der Waals surface area contributed by atoms with Crippen molar-refractivity contribution in [1.29, 1.82) is 0 Å². The first kappa shape index (κ1) is 10.6. The number of nitrogens with zero attached hydrogens (tertiary/aromatic N) is 2. The SMILES string of the molecule is Nc1ncnc(Oc2ccccc2Cl)c1F. The van der Waals surface area contributed by atoms with E-state index in [4.69, 9.17) is 22.1 Å². The predicted octanol–water partition coefficient (Wildman–Crippen LogP) is 2.64. The third-order valence-corrected chi connectivity index (χ3v) is 2.14. The zero-order valence-electron chi connectivity index (χ0n) is 8.02. The van der Waals surface area contributed by atoms with Crippen LogP contribution in [0.3, 0.4) is 0 Å². The van der Waals surface area contributed by atoms with E-state index in [1.807, 2.05) is 0 Å². The standard InChI is InChI=1S/C10H7ClFN3O/c11-6-3-1-2-4-7(6)16-10-8(12)9(13)14-5-15-10/h1-5H,(H2,13,14,15). The second-order valence-electron chi connectivity index (χ2n) is 2.91. The summed E-state index contributed by atoms with van der Waals surface area (Å²) in [4.78, 5) is 7.11. The van der Waals surface area contributed by atoms with Gasteiger partial charge in [-0.3, -0.25) is 0 Å². The fourth-order valence-electron chi connectivity index (χ4n) is 1.07. The van der Waals surface area contributed by atoms with Crippen LogP contribution in [-0.4, -0.2) is 9.97 Å². The zero-order chi connectivity index (χ0) is 11.5. The van der Waals surface area contributed by atoms with Crippen molar-refractivity contribution in [3.63, 3.8) is 0 Å². The largest absolute Gasteiger partial charge is 0.435 e. The second kappa shape index (κ2) is 4.32. The van der Waals surface area contributed by atoms with Gasteiger partial charge in [0.1, 0.15) is 12.1 Å². The minimum Gasteiger partial charge on any atom is -0.435 e. The fraction of sp³-hybridized carbons (Fsp3) is 0. The van der Waals surface area contributed by atoms with Crippen molar-refractivity contribution >= 4 is 17.4 Å². The number of hydrogen-bond acceptors (Lipinski definition) is 4. The predicted molar refractivity (Wildman–Crippen MR) is 57.9 cm³/mol. The smallest absolute Gasteiger partial charge is 0.261 e. The zero-order valence-corrected chi connectivity index (χ0v) is 8.78. The summed E-state index contributed by atoms with van der Waals surface area (Å²) >= 11 is 5.84. The lowest BCUT2D eigenvalue weighted by molar-refractivity contribution is 0.422. The number of nitrogens with two attached hydrogens (primary N) is 1. The van der Waals surface area contributed by atoms with Crippen molar-refractivity contribution in [1.82, 2.24) is 9.97 Å². The summed E-state index contributed by atoms with van der Waals surface area (Å²) in [5.74, 6) is -1.01. The maximum atomic E-state index is 13.4. The molecule has 82 valence electrons. The molecular formula is C10H7ClFN3O. The number of hydrogen-bond donors (Lipinski definition) is 1. The van der Waals surface area contributed by atoms with Crippen LogP contribution in [0, 0.1) is 5.82 Å². The van der Waals surface area contributed by atoms with Crippen LogP contribution in [-0.2, 0) is 0 Å². The Bertz CT molecular complexity index is 521. The van der Waals surface area contributed by atoms with E-state index in [-0.39, 0.29) is 11.7 Å². The van der Waals surface area contributed by atoms with Gasteiger partial charge in [0, 0.05) is 0 Å². The highest BCUT2D eigenvalue weighted by atomic mass is 35.5. The molecular weight excluding hydrogens is 233 g/mol. The summed E-state index contributed by atoms with van der Waals surface area (Å²) in [6.07, 6.45) is 1.12. The lowest BCUT2D eigenvalue weighted by Gasteiger charge is -2.07. The molecule has 4 nitrogen and oxygen atoms in total. The number of benzene rings is 1. The van der Waals surface area contributed by atoms with Crippen LogP contribution in [0.5, 0.6) is 11.6 Å². The summed E-state index contributed by atoms with van der Waals surface area (Å²) in [5, 5.41) is 0.360. The van der Waals surface area contributed by atoms with Gasteiger partial charge in [-0.15, -0.1) is 0 Å². The quantitative estimate of drug-likeness (QED) is 0.875. The van der Waals surface area contributed by atoms with Gasteiger partial charge in [0.25, 0.3) is 5.88 Å². The van der Waals surface area contributed by atoms with Gasteiger partial charge in [0.05, 0.1) is 5.02 Å². The number of ether oxygens (including phenoxy) is 1. The Kier molecular flexibility index (Phi) is 2.87. The molecule has 1 aromatic heterocycles. The topological polar surface area (TPSA) is 61.0 Å². The highest BCUT2D eigenvalue weighted by molar-refractivity contribution is 6.32. The van der Waals surface area contributed by atoms with Crippen molar-refractivity contribution in [3.8, 4) is 11.6 Å². The number of halogens is 2. The maximum absolute atomic E-state index is 13.4. The number of aromatic nitrogens is 2. The Morgan fingerprint density at radius 2 is 2.00 bits per heavy atom. The molecule has 0 saturated carbocycles. The number of nitrogen functional groups attached to an aromatic ring is 1. The second-order valence-corrected chi connectivity index (χ2v) is 3.32. The Hall–Kier alpha value is -1.88. The molecule has 2 rings (SSSR count). The van der Waals surface area contributed by atoms with E-state index in [9.17, 15) is 4.39 Å². The highest BCUT2D eigenvalue weighted by Crippen LogP contribution is 2.29. The van der Waals surface area contributed by atoms with E-state index >= 15 is 0 Å². The molecule has 0 fully saturated rings. The molecule has 0 aliphatic carbocycles. The van der Waals surface area contributed by atoms with E-state index < -0.39 is 5.82 Å². The summed E-state index contributed by atoms with van der Waals surface area (Å²) in [5.41, 5.74) is 5.27. The van der Waals surface area contributed by atoms with Crippen LogP contribution in [0.4, 0.5) is 10.2 Å². The molecule has 2 N–H and O–H groups in total. The average molecular weight is 240 g/mol. The molecule has 1 heterocycles. The Labute approximate surface area is 95.9 Å². The molecule has 0 saturated heterocycles. The van der Waals surface area contributed by atoms with Crippen molar-refractivity contribution < 1.29 is 9.13 Å². The summed E-state index contributed by atoms with van der Waals surface area (Å²) < 4.78 is 18.6. The van der Waals surface area contributed by atoms with E-state index in [0.29, 0.717) is 10.8 Å². The van der Waals surface area contributed by atoms with Crippen molar-refractivity contribution in [2.75, 3.05) is 5.73 Å². The molecule has 0 amide bonds. The van der Waals surface area contributed by atoms with Gasteiger partial charge in [-0.05, 0) is 12.1 Å². The van der Waals surface area contributed by atoms with Crippen LogP contribution < -0.4 is 10.5 Å². The molecule has 16 heavy (non-hydrogen) atoms. The molecule has 1 aromatic carbocycles. The summed E-state index contributed by atoms with van der Waals surface area (Å²) in [6.45, 7) is 0. The third-order valence-electron chi connectivity index (χ3n) is 1.83. The molecule has 0 aliphatic heterocycles. The molecule has 0 aliphatic rings. The van der Waals surface area contributed by atoms with Gasteiger partial charge in [-0.2, -0.15) is 9.37 Å². The molecule has 0 bridgehead atoms. The Morgan fingerprint density at radius 1 is 1.25 bits per heavy atom. The van der Waals surface area contributed by atoms with E-state index in [0.717, 1.165) is 6.33 Å². The van der Waals surface area contributed by atoms with Gasteiger partial charge in [0.2, 0.25) is 5.82 Å². The van der Waals surface area contributed by atoms with Crippen LogP contribution in [0.1, 0.15) is 0 Å². The molecule has 6 heteroatoms. The van der Waals surface area contributed by atoms with E-state index in [1.165, 1.54) is 0 Å². The lowest BCUT2D eigenvalue weighted by atomic mass is 10.3. The first-order valence-corrected chi connectivity index (χ1v) is 4.74. The Balaban J connectivity index is 2.35. The molecule has 0 atom stereocenters. The number of anilines is 1. The van der Waals surface area contributed by atoms with E-state index in [1.54, 1.807) is 24.3 Å². The molecule has 0 unspecified atom stereocenters. The summed E-state index contributed by atoms with van der Waals surface area (Å²) in [6, 6.07) is 6.67. The van der Waals surface area contributed by atoms with Crippen LogP contribution >= 0.6 is 11.6 Å². The lowest BCUT2D eigenvalue weighted by Crippen LogP contribution is -2.00. The van der Waals surface area contributed by atoms with Gasteiger partial charge in [-0.1, -0.05) is 23.7 Å². The minimum atomic E-state index is -0.803. The van der Waals surface area contributed by atoms with Gasteiger partial charge in [0.15, 0.2) is 5.82 Å². The molecule has 0 spiro atoms. The van der Waals surface area contributed by atoms with Gasteiger partial charge >= 0.3 is 0 Å². The third kappa shape index (κ3) is 2.04.